The molecule has 14 heavy (non-hydrogen) atoms. The van der Waals surface area contributed by atoms with Crippen molar-refractivity contribution in [3.05, 3.63) is 35.5 Å². The van der Waals surface area contributed by atoms with Gasteiger partial charge in [0.2, 0.25) is 0 Å². The van der Waals surface area contributed by atoms with E-state index in [9.17, 15) is 4.79 Å². The first kappa shape index (κ1) is 7.80. The smallest absolute Gasteiger partial charge is 0.137 e. The van der Waals surface area contributed by atoms with E-state index in [1.165, 1.54) is 0 Å². The summed E-state index contributed by atoms with van der Waals surface area (Å²) in [5.41, 5.74) is 4.49. The molecular weight excluding hydrogens is 174 g/mol. The van der Waals surface area contributed by atoms with Crippen LogP contribution in [-0.2, 0) is 4.79 Å². The molecule has 0 bridgehead atoms. The van der Waals surface area contributed by atoms with E-state index in [1.54, 1.807) is 0 Å². The van der Waals surface area contributed by atoms with E-state index in [0.717, 1.165) is 28.9 Å². The van der Waals surface area contributed by atoms with Gasteiger partial charge in [-0.1, -0.05) is 18.2 Å². The molecule has 1 aromatic rings. The first-order valence-corrected chi connectivity index (χ1v) is 4.89. The van der Waals surface area contributed by atoms with E-state index in [0.29, 0.717) is 18.6 Å². The van der Waals surface area contributed by atoms with Gasteiger partial charge in [-0.05, 0) is 18.1 Å². The normalized spacial score (nSPS) is 19.0. The number of ketones is 1. The van der Waals surface area contributed by atoms with Crippen LogP contribution in [0.25, 0.3) is 5.57 Å². The summed E-state index contributed by atoms with van der Waals surface area (Å²) in [6.07, 6.45) is 2.06. The van der Waals surface area contributed by atoms with Crippen molar-refractivity contribution in [3.63, 3.8) is 0 Å². The fourth-order valence-electron chi connectivity index (χ4n) is 2.14. The summed E-state index contributed by atoms with van der Waals surface area (Å²) in [5.74, 6) is 0.343. The highest BCUT2D eigenvalue weighted by molar-refractivity contribution is 5.97. The van der Waals surface area contributed by atoms with Crippen molar-refractivity contribution in [2.24, 2.45) is 0 Å². The van der Waals surface area contributed by atoms with Crippen molar-refractivity contribution in [2.75, 3.05) is 0 Å². The molecule has 0 N–H and O–H groups in total. The number of carbonyl (C=O) groups is 1. The standard InChI is InChI=1S/C12H10NO/c14-8-5-6-12-10(7-8)9-3-1-2-4-11(9)13-12/h1-4H,5-7H2. The van der Waals surface area contributed by atoms with Gasteiger partial charge in [-0.25, -0.2) is 0 Å². The van der Waals surface area contributed by atoms with Crippen LogP contribution < -0.4 is 5.32 Å². The second kappa shape index (κ2) is 2.71. The highest BCUT2D eigenvalue weighted by atomic mass is 16.1. The number of hydrogen-bond acceptors (Lipinski definition) is 1. The summed E-state index contributed by atoms with van der Waals surface area (Å²) in [6.45, 7) is 0. The molecule has 0 saturated carbocycles. The maximum atomic E-state index is 11.3. The van der Waals surface area contributed by atoms with Gasteiger partial charge in [-0.3, -0.25) is 10.1 Å². The molecule has 0 spiro atoms. The molecule has 1 aromatic carbocycles. The lowest BCUT2D eigenvalue weighted by molar-refractivity contribution is -0.118. The molecule has 0 aromatic heterocycles. The lowest BCUT2D eigenvalue weighted by Gasteiger charge is -2.11. The van der Waals surface area contributed by atoms with E-state index < -0.39 is 0 Å². The number of carbonyl (C=O) groups excluding carboxylic acids is 1. The van der Waals surface area contributed by atoms with Crippen LogP contribution in [0.5, 0.6) is 0 Å². The summed E-state index contributed by atoms with van der Waals surface area (Å²) in [4.78, 5) is 11.3. The molecule has 0 amide bonds. The van der Waals surface area contributed by atoms with Crippen LogP contribution in [-0.4, -0.2) is 5.78 Å². The van der Waals surface area contributed by atoms with Gasteiger partial charge in [0.05, 0.1) is 5.69 Å². The largest absolute Gasteiger partial charge is 0.299 e. The minimum atomic E-state index is 0.343. The highest BCUT2D eigenvalue weighted by Crippen LogP contribution is 2.40. The fourth-order valence-corrected chi connectivity index (χ4v) is 2.14. The van der Waals surface area contributed by atoms with E-state index >= 15 is 0 Å². The van der Waals surface area contributed by atoms with Gasteiger partial charge in [-0.2, -0.15) is 0 Å². The Hall–Kier alpha value is -1.57. The maximum Gasteiger partial charge on any atom is 0.137 e. The summed E-state index contributed by atoms with van der Waals surface area (Å²) in [5, 5.41) is 4.54. The number of fused-ring (bicyclic) bond motifs is 2. The van der Waals surface area contributed by atoms with Crippen LogP contribution in [0.3, 0.4) is 0 Å². The van der Waals surface area contributed by atoms with Crippen LogP contribution >= 0.6 is 0 Å². The third-order valence-electron chi connectivity index (χ3n) is 2.85. The third-order valence-corrected chi connectivity index (χ3v) is 2.85. The van der Waals surface area contributed by atoms with Gasteiger partial charge in [0.15, 0.2) is 0 Å². The molecule has 1 radical (unpaired) electrons. The second-order valence-corrected chi connectivity index (χ2v) is 3.77. The van der Waals surface area contributed by atoms with Crippen molar-refractivity contribution in [2.45, 2.75) is 19.3 Å². The molecule has 1 aliphatic carbocycles. The van der Waals surface area contributed by atoms with E-state index in [-0.39, 0.29) is 0 Å². The molecular formula is C12H10NO. The van der Waals surface area contributed by atoms with Crippen molar-refractivity contribution in [3.8, 4) is 0 Å². The predicted molar refractivity (Wildman–Crippen MR) is 54.0 cm³/mol. The summed E-state index contributed by atoms with van der Waals surface area (Å²) in [6, 6.07) is 8.06. The Bertz CT molecular complexity index is 445. The van der Waals surface area contributed by atoms with Crippen molar-refractivity contribution in [1.82, 2.24) is 5.32 Å². The first-order chi connectivity index (χ1) is 6.84. The Labute approximate surface area is 82.6 Å². The van der Waals surface area contributed by atoms with Gasteiger partial charge in [0.25, 0.3) is 0 Å². The maximum absolute atomic E-state index is 11.3. The lowest BCUT2D eigenvalue weighted by atomic mass is 9.92. The van der Waals surface area contributed by atoms with Crippen molar-refractivity contribution in [1.29, 1.82) is 0 Å². The number of nitrogens with zero attached hydrogens (tertiary/aromatic N) is 1. The molecule has 2 aliphatic rings. The Morgan fingerprint density at radius 3 is 2.93 bits per heavy atom. The molecule has 1 aliphatic heterocycles. The second-order valence-electron chi connectivity index (χ2n) is 3.77. The minimum absolute atomic E-state index is 0.343. The Balaban J connectivity index is 2.11. The van der Waals surface area contributed by atoms with Gasteiger partial charge in [-0.15, -0.1) is 0 Å². The average Bonchev–Trinajstić information content (AvgIpc) is 2.56. The fraction of sp³-hybridized carbons (Fsp3) is 0.250. The molecule has 0 atom stereocenters. The van der Waals surface area contributed by atoms with E-state index in [1.807, 2.05) is 18.2 Å². The number of para-hydroxylation sites is 1. The van der Waals surface area contributed by atoms with Crippen molar-refractivity contribution >= 4 is 17.0 Å². The number of allylic oxidation sites excluding steroid dienone is 2. The molecule has 0 saturated heterocycles. The van der Waals surface area contributed by atoms with Gasteiger partial charge >= 0.3 is 0 Å². The molecule has 2 heteroatoms. The molecule has 0 fully saturated rings. The zero-order chi connectivity index (χ0) is 9.54. The number of benzene rings is 1. The van der Waals surface area contributed by atoms with Crippen molar-refractivity contribution < 1.29 is 4.79 Å². The van der Waals surface area contributed by atoms with E-state index in [4.69, 9.17) is 0 Å². The SMILES string of the molecule is O=C1CCC2=C(C1)c1ccccc1[N]2. The lowest BCUT2D eigenvalue weighted by Crippen LogP contribution is -2.08. The summed E-state index contributed by atoms with van der Waals surface area (Å²) >= 11 is 0. The molecule has 3 rings (SSSR count). The van der Waals surface area contributed by atoms with Crippen LogP contribution in [0, 0.1) is 0 Å². The quantitative estimate of drug-likeness (QED) is 0.609. The Kier molecular flexibility index (Phi) is 1.51. The monoisotopic (exact) mass is 184 g/mol. The molecule has 2 nitrogen and oxygen atoms in total. The molecule has 1 heterocycles. The number of rotatable bonds is 0. The third kappa shape index (κ3) is 1.00. The van der Waals surface area contributed by atoms with E-state index in [2.05, 4.69) is 11.4 Å². The van der Waals surface area contributed by atoms with Gasteiger partial charge < -0.3 is 0 Å². The zero-order valence-corrected chi connectivity index (χ0v) is 7.79. The minimum Gasteiger partial charge on any atom is -0.299 e. The topological polar surface area (TPSA) is 31.2 Å². The highest BCUT2D eigenvalue weighted by Gasteiger charge is 2.27. The van der Waals surface area contributed by atoms with Gasteiger partial charge in [0.1, 0.15) is 5.78 Å². The van der Waals surface area contributed by atoms with Crippen LogP contribution in [0.2, 0.25) is 0 Å². The number of hydrogen-bond donors (Lipinski definition) is 0. The Morgan fingerprint density at radius 2 is 2.00 bits per heavy atom. The first-order valence-electron chi connectivity index (χ1n) is 4.89. The van der Waals surface area contributed by atoms with Crippen LogP contribution in [0.15, 0.2) is 30.0 Å². The summed E-state index contributed by atoms with van der Waals surface area (Å²) < 4.78 is 0. The molecule has 69 valence electrons. The average molecular weight is 184 g/mol. The van der Waals surface area contributed by atoms with Crippen LogP contribution in [0.4, 0.5) is 5.69 Å². The van der Waals surface area contributed by atoms with Gasteiger partial charge in [0, 0.05) is 24.1 Å². The zero-order valence-electron chi connectivity index (χ0n) is 7.79. The molecule has 0 unspecified atom stereocenters. The summed E-state index contributed by atoms with van der Waals surface area (Å²) in [7, 11) is 0. The van der Waals surface area contributed by atoms with Crippen LogP contribution in [0.1, 0.15) is 24.8 Å². The Morgan fingerprint density at radius 1 is 1.14 bits per heavy atom. The predicted octanol–water partition coefficient (Wildman–Crippen LogP) is 2.40. The number of Topliss-reactive ketones (excluding diaryl/α,β-unsaturated/α-hetero) is 1.